The summed E-state index contributed by atoms with van der Waals surface area (Å²) in [6.45, 7) is -1.27. The molecular weight excluding hydrogens is 386 g/mol. The van der Waals surface area contributed by atoms with Crippen LogP contribution in [0.5, 0.6) is 0 Å². The summed E-state index contributed by atoms with van der Waals surface area (Å²) in [7, 11) is 0. The number of alkyl halides is 3. The second kappa shape index (κ2) is 14.6. The summed E-state index contributed by atoms with van der Waals surface area (Å²) >= 11 is 0. The van der Waals surface area contributed by atoms with Crippen molar-refractivity contribution >= 4 is 67.9 Å². The molecule has 0 aliphatic heterocycles. The predicted molar refractivity (Wildman–Crippen MR) is 85.2 cm³/mol. The van der Waals surface area contributed by atoms with Crippen molar-refractivity contribution < 1.29 is 18.0 Å². The Balaban J connectivity index is -0.000000150. The van der Waals surface area contributed by atoms with Gasteiger partial charge in [-0.1, -0.05) is 12.8 Å². The summed E-state index contributed by atoms with van der Waals surface area (Å²) in [5, 5.41) is 1.88. The molecular formula is C9H20Cl5F3N2O. The van der Waals surface area contributed by atoms with Crippen LogP contribution in [-0.2, 0) is 4.79 Å². The molecule has 1 aliphatic carbocycles. The van der Waals surface area contributed by atoms with E-state index >= 15 is 0 Å². The first-order valence-electron chi connectivity index (χ1n) is 5.00. The fraction of sp³-hybridized carbons (Fsp3) is 0.889. The minimum atomic E-state index is -4.35. The topological polar surface area (TPSA) is 55.1 Å². The normalized spacial score (nSPS) is 20.6. The van der Waals surface area contributed by atoms with Crippen molar-refractivity contribution in [3.63, 3.8) is 0 Å². The van der Waals surface area contributed by atoms with Crippen molar-refractivity contribution in [1.82, 2.24) is 5.32 Å². The van der Waals surface area contributed by atoms with Crippen LogP contribution < -0.4 is 11.1 Å². The van der Waals surface area contributed by atoms with E-state index in [-0.39, 0.29) is 68.1 Å². The summed E-state index contributed by atoms with van der Waals surface area (Å²) in [6, 6.07) is -0.299. The van der Waals surface area contributed by atoms with Crippen LogP contribution in [0, 0.1) is 5.92 Å². The van der Waals surface area contributed by atoms with E-state index in [1.165, 1.54) is 0 Å². The van der Waals surface area contributed by atoms with E-state index in [1.54, 1.807) is 0 Å². The highest BCUT2D eigenvalue weighted by molar-refractivity contribution is 5.86. The summed E-state index contributed by atoms with van der Waals surface area (Å²) in [5.74, 6) is -1.03. The van der Waals surface area contributed by atoms with E-state index in [2.05, 4.69) is 0 Å². The maximum Gasteiger partial charge on any atom is 0.405 e. The van der Waals surface area contributed by atoms with E-state index in [9.17, 15) is 18.0 Å². The Hall–Kier alpha value is 0.670. The molecule has 0 aromatic carbocycles. The first-order chi connectivity index (χ1) is 6.90. The highest BCUT2D eigenvalue weighted by atomic mass is 35.5. The summed E-state index contributed by atoms with van der Waals surface area (Å²) in [5.41, 5.74) is 5.68. The zero-order valence-corrected chi connectivity index (χ0v) is 14.4. The Kier molecular flexibility index (Phi) is 23.8. The van der Waals surface area contributed by atoms with Crippen LogP contribution >= 0.6 is 62.0 Å². The maximum absolute atomic E-state index is 11.8. The molecule has 1 saturated carbocycles. The lowest BCUT2D eigenvalue weighted by molar-refractivity contribution is -0.141. The number of carbonyl (C=O) groups excluding carboxylic acids is 1. The number of nitrogens with two attached hydrogens (primary N) is 1. The van der Waals surface area contributed by atoms with Crippen LogP contribution in [0.4, 0.5) is 13.2 Å². The smallest absolute Gasteiger partial charge is 0.347 e. The maximum atomic E-state index is 11.8. The largest absolute Gasteiger partial charge is 0.405 e. The lowest BCUT2D eigenvalue weighted by Crippen LogP contribution is -2.45. The molecule has 0 radical (unpaired) electrons. The molecule has 128 valence electrons. The number of rotatable bonds is 2. The van der Waals surface area contributed by atoms with Crippen molar-refractivity contribution in [3.05, 3.63) is 0 Å². The van der Waals surface area contributed by atoms with Gasteiger partial charge in [-0.25, -0.2) is 0 Å². The van der Waals surface area contributed by atoms with Crippen molar-refractivity contribution in [2.24, 2.45) is 11.7 Å². The van der Waals surface area contributed by atoms with Crippen molar-refractivity contribution in [2.45, 2.75) is 37.9 Å². The number of carbonyl (C=O) groups is 1. The SMILES string of the molecule is Cl.Cl.Cl.Cl.Cl.N[C@H]1CCCC[C@H]1C(=O)NCC(F)(F)F. The van der Waals surface area contributed by atoms with Crippen LogP contribution in [0.1, 0.15) is 25.7 Å². The average molecular weight is 407 g/mol. The fourth-order valence-corrected chi connectivity index (χ4v) is 1.80. The number of halogens is 8. The molecule has 3 nitrogen and oxygen atoms in total. The third-order valence-electron chi connectivity index (χ3n) is 2.62. The van der Waals surface area contributed by atoms with Crippen molar-refractivity contribution in [2.75, 3.05) is 6.54 Å². The average Bonchev–Trinajstić information content (AvgIpc) is 2.14. The second-order valence-corrected chi connectivity index (χ2v) is 3.89. The van der Waals surface area contributed by atoms with E-state index in [0.29, 0.717) is 12.8 Å². The Morgan fingerprint density at radius 3 is 1.90 bits per heavy atom. The van der Waals surface area contributed by atoms with Gasteiger partial charge >= 0.3 is 6.18 Å². The third kappa shape index (κ3) is 12.4. The molecule has 0 bridgehead atoms. The molecule has 0 spiro atoms. The minimum absolute atomic E-state index is 0. The first-order valence-corrected chi connectivity index (χ1v) is 5.00. The van der Waals surface area contributed by atoms with Crippen LogP contribution in [-0.4, -0.2) is 24.7 Å². The zero-order chi connectivity index (χ0) is 11.5. The monoisotopic (exact) mass is 404 g/mol. The third-order valence-corrected chi connectivity index (χ3v) is 2.62. The molecule has 0 saturated heterocycles. The lowest BCUT2D eigenvalue weighted by atomic mass is 9.84. The molecule has 0 unspecified atom stereocenters. The lowest BCUT2D eigenvalue weighted by Gasteiger charge is -2.27. The molecule has 2 atom stereocenters. The fourth-order valence-electron chi connectivity index (χ4n) is 1.80. The number of amides is 1. The van der Waals surface area contributed by atoms with Gasteiger partial charge in [0.15, 0.2) is 0 Å². The van der Waals surface area contributed by atoms with Crippen LogP contribution in [0.25, 0.3) is 0 Å². The Morgan fingerprint density at radius 2 is 1.50 bits per heavy atom. The number of hydrogen-bond donors (Lipinski definition) is 2. The van der Waals surface area contributed by atoms with E-state index < -0.39 is 24.5 Å². The van der Waals surface area contributed by atoms with Gasteiger partial charge in [0.1, 0.15) is 6.54 Å². The van der Waals surface area contributed by atoms with Gasteiger partial charge < -0.3 is 11.1 Å². The molecule has 11 heteroatoms. The van der Waals surface area contributed by atoms with E-state index in [0.717, 1.165) is 12.8 Å². The zero-order valence-electron chi connectivity index (χ0n) is 10.4. The molecule has 1 rings (SSSR count). The molecule has 0 aromatic rings. The van der Waals surface area contributed by atoms with E-state index in [1.807, 2.05) is 5.32 Å². The Bertz CT molecular complexity index is 246. The van der Waals surface area contributed by atoms with Gasteiger partial charge in [0, 0.05) is 6.04 Å². The first kappa shape index (κ1) is 32.6. The highest BCUT2D eigenvalue weighted by Gasteiger charge is 2.32. The molecule has 1 amide bonds. The molecule has 20 heavy (non-hydrogen) atoms. The summed E-state index contributed by atoms with van der Waals surface area (Å²) in [4.78, 5) is 11.4. The second-order valence-electron chi connectivity index (χ2n) is 3.89. The van der Waals surface area contributed by atoms with Gasteiger partial charge in [-0.15, -0.1) is 62.0 Å². The quantitative estimate of drug-likeness (QED) is 0.739. The van der Waals surface area contributed by atoms with Gasteiger partial charge in [-0.2, -0.15) is 13.2 Å². The number of nitrogens with one attached hydrogen (secondary N) is 1. The summed E-state index contributed by atoms with van der Waals surface area (Å²) < 4.78 is 35.5. The summed E-state index contributed by atoms with van der Waals surface area (Å²) in [6.07, 6.45) is -1.24. The van der Waals surface area contributed by atoms with Crippen LogP contribution in [0.2, 0.25) is 0 Å². The van der Waals surface area contributed by atoms with Gasteiger partial charge in [-0.3, -0.25) is 4.79 Å². The molecule has 1 fully saturated rings. The van der Waals surface area contributed by atoms with Crippen LogP contribution in [0.3, 0.4) is 0 Å². The van der Waals surface area contributed by atoms with Gasteiger partial charge in [0.05, 0.1) is 5.92 Å². The standard InChI is InChI=1S/C9H15F3N2O.5ClH/c10-9(11,12)5-14-8(15)6-3-1-2-4-7(6)13;;;;;/h6-7H,1-5,13H2,(H,14,15);5*1H/t6-,7+;;;;;/m1...../s1. The van der Waals surface area contributed by atoms with Crippen molar-refractivity contribution in [1.29, 1.82) is 0 Å². The molecule has 3 N–H and O–H groups in total. The Labute approximate surface area is 147 Å². The molecule has 0 heterocycles. The number of hydrogen-bond acceptors (Lipinski definition) is 2. The van der Waals surface area contributed by atoms with Crippen LogP contribution in [0.15, 0.2) is 0 Å². The predicted octanol–water partition coefficient (Wildman–Crippen LogP) is 3.29. The van der Waals surface area contributed by atoms with Gasteiger partial charge in [0.2, 0.25) is 5.91 Å². The Morgan fingerprint density at radius 1 is 1.05 bits per heavy atom. The molecule has 0 aromatic heterocycles. The van der Waals surface area contributed by atoms with E-state index in [4.69, 9.17) is 5.73 Å². The molecule has 1 aliphatic rings. The van der Waals surface area contributed by atoms with Crippen molar-refractivity contribution in [3.8, 4) is 0 Å². The minimum Gasteiger partial charge on any atom is -0.347 e. The van der Waals surface area contributed by atoms with Gasteiger partial charge in [-0.05, 0) is 12.8 Å². The highest BCUT2D eigenvalue weighted by Crippen LogP contribution is 2.23. The van der Waals surface area contributed by atoms with Gasteiger partial charge in [0.25, 0.3) is 0 Å².